The van der Waals surface area contributed by atoms with Crippen LogP contribution in [0, 0.1) is 11.3 Å². The van der Waals surface area contributed by atoms with Crippen LogP contribution in [0.3, 0.4) is 0 Å². The van der Waals surface area contributed by atoms with Crippen LogP contribution in [0.2, 0.25) is 5.02 Å². The lowest BCUT2D eigenvalue weighted by Crippen LogP contribution is -2.22. The molecule has 0 aromatic heterocycles. The van der Waals surface area contributed by atoms with E-state index in [2.05, 4.69) is 10.6 Å². The summed E-state index contributed by atoms with van der Waals surface area (Å²) in [5, 5.41) is 14.9. The number of ether oxygens (including phenoxy) is 2. The highest BCUT2D eigenvalue weighted by Gasteiger charge is 2.12. The zero-order valence-electron chi connectivity index (χ0n) is 13.2. The fourth-order valence-electron chi connectivity index (χ4n) is 2.03. The highest BCUT2D eigenvalue weighted by atomic mass is 35.5. The van der Waals surface area contributed by atoms with Gasteiger partial charge in [0.15, 0.2) is 0 Å². The third kappa shape index (κ3) is 4.31. The number of methoxy groups -OCH3 is 2. The fraction of sp³-hybridized carbons (Fsp3) is 0.176. The van der Waals surface area contributed by atoms with Crippen molar-refractivity contribution < 1.29 is 14.3 Å². The molecule has 2 rings (SSSR count). The molecular weight excluding hydrogens is 330 g/mol. The number of nitriles is 1. The van der Waals surface area contributed by atoms with Crippen molar-refractivity contribution in [3.8, 4) is 17.6 Å². The second-order valence-electron chi connectivity index (χ2n) is 4.78. The first-order chi connectivity index (χ1) is 11.6. The Morgan fingerprint density at radius 1 is 1.21 bits per heavy atom. The molecule has 2 aromatic rings. The maximum Gasteiger partial charge on any atom is 0.243 e. The van der Waals surface area contributed by atoms with E-state index >= 15 is 0 Å². The van der Waals surface area contributed by atoms with Crippen molar-refractivity contribution in [2.75, 3.05) is 31.4 Å². The summed E-state index contributed by atoms with van der Waals surface area (Å²) < 4.78 is 10.3. The Kier molecular flexibility index (Phi) is 5.88. The van der Waals surface area contributed by atoms with Crippen LogP contribution in [-0.2, 0) is 4.79 Å². The maximum absolute atomic E-state index is 12.1. The smallest absolute Gasteiger partial charge is 0.243 e. The Morgan fingerprint density at radius 3 is 2.62 bits per heavy atom. The van der Waals surface area contributed by atoms with Crippen molar-refractivity contribution >= 4 is 28.9 Å². The second-order valence-corrected chi connectivity index (χ2v) is 5.19. The highest BCUT2D eigenvalue weighted by Crippen LogP contribution is 2.35. The van der Waals surface area contributed by atoms with E-state index in [1.54, 1.807) is 36.4 Å². The molecule has 0 aliphatic heterocycles. The van der Waals surface area contributed by atoms with E-state index in [4.69, 9.17) is 26.3 Å². The monoisotopic (exact) mass is 345 g/mol. The number of hydrogen-bond donors (Lipinski definition) is 2. The molecule has 6 nitrogen and oxygen atoms in total. The first-order valence-electron chi connectivity index (χ1n) is 7.02. The number of rotatable bonds is 6. The molecule has 2 N–H and O–H groups in total. The van der Waals surface area contributed by atoms with E-state index in [0.717, 1.165) is 0 Å². The summed E-state index contributed by atoms with van der Waals surface area (Å²) in [5.74, 6) is 0.617. The third-order valence-electron chi connectivity index (χ3n) is 3.19. The lowest BCUT2D eigenvalue weighted by Gasteiger charge is -2.13. The number of carbonyl (C=O) groups excluding carboxylic acids is 1. The molecule has 0 aliphatic carbocycles. The summed E-state index contributed by atoms with van der Waals surface area (Å²) in [6, 6.07) is 12.1. The molecular formula is C17H16ClN3O3. The second kappa shape index (κ2) is 8.09. The molecule has 0 saturated heterocycles. The van der Waals surface area contributed by atoms with Gasteiger partial charge in [0.1, 0.15) is 11.5 Å². The van der Waals surface area contributed by atoms with E-state index in [1.165, 1.54) is 14.2 Å². The molecule has 1 amide bonds. The van der Waals surface area contributed by atoms with Crippen LogP contribution in [0.4, 0.5) is 11.4 Å². The number of carbonyl (C=O) groups is 1. The average molecular weight is 346 g/mol. The van der Waals surface area contributed by atoms with Crippen molar-refractivity contribution in [3.63, 3.8) is 0 Å². The average Bonchev–Trinajstić information content (AvgIpc) is 2.60. The fourth-order valence-corrected chi connectivity index (χ4v) is 2.27. The number of benzene rings is 2. The lowest BCUT2D eigenvalue weighted by atomic mass is 10.2. The van der Waals surface area contributed by atoms with Crippen molar-refractivity contribution in [1.29, 1.82) is 5.26 Å². The van der Waals surface area contributed by atoms with Gasteiger partial charge in [-0.05, 0) is 24.3 Å². The van der Waals surface area contributed by atoms with Gasteiger partial charge in [-0.1, -0.05) is 17.7 Å². The number of halogens is 1. The van der Waals surface area contributed by atoms with Crippen molar-refractivity contribution in [2.24, 2.45) is 0 Å². The van der Waals surface area contributed by atoms with Gasteiger partial charge in [-0.3, -0.25) is 4.79 Å². The molecule has 0 spiro atoms. The van der Waals surface area contributed by atoms with E-state index in [1.807, 2.05) is 6.07 Å². The van der Waals surface area contributed by atoms with Crippen LogP contribution in [0.5, 0.6) is 11.5 Å². The molecule has 124 valence electrons. The molecule has 2 aromatic carbocycles. The van der Waals surface area contributed by atoms with Gasteiger partial charge in [0.05, 0.1) is 43.1 Å². The molecule has 0 bridgehead atoms. The molecule has 0 atom stereocenters. The quantitative estimate of drug-likeness (QED) is 0.839. The van der Waals surface area contributed by atoms with E-state index < -0.39 is 0 Å². The van der Waals surface area contributed by atoms with Gasteiger partial charge in [0.2, 0.25) is 5.91 Å². The number of hydrogen-bond acceptors (Lipinski definition) is 5. The van der Waals surface area contributed by atoms with Crippen molar-refractivity contribution in [3.05, 3.63) is 47.0 Å². The van der Waals surface area contributed by atoms with Gasteiger partial charge in [-0.25, -0.2) is 0 Å². The maximum atomic E-state index is 12.1. The zero-order valence-corrected chi connectivity index (χ0v) is 14.0. The summed E-state index contributed by atoms with van der Waals surface area (Å²) in [6.45, 7) is 0.0294. The standard InChI is InChI=1S/C17H16ClN3O3/c1-23-15-8-16(24-2)14(7-13(15)18)21-17(22)10-20-12-5-3-4-11(6-12)9-19/h3-8,20H,10H2,1-2H3,(H,21,22). The minimum absolute atomic E-state index is 0.0294. The Morgan fingerprint density at radius 2 is 1.96 bits per heavy atom. The van der Waals surface area contributed by atoms with Gasteiger partial charge in [0.25, 0.3) is 0 Å². The zero-order chi connectivity index (χ0) is 17.5. The Bertz CT molecular complexity index is 787. The molecule has 0 radical (unpaired) electrons. The third-order valence-corrected chi connectivity index (χ3v) is 3.49. The summed E-state index contributed by atoms with van der Waals surface area (Å²) in [6.07, 6.45) is 0. The predicted molar refractivity (Wildman–Crippen MR) is 92.8 cm³/mol. The minimum Gasteiger partial charge on any atom is -0.495 e. The number of amides is 1. The van der Waals surface area contributed by atoms with Gasteiger partial charge in [-0.15, -0.1) is 0 Å². The summed E-state index contributed by atoms with van der Waals surface area (Å²) in [5.41, 5.74) is 1.65. The van der Waals surface area contributed by atoms with E-state index in [0.29, 0.717) is 33.5 Å². The van der Waals surface area contributed by atoms with Crippen molar-refractivity contribution in [2.45, 2.75) is 0 Å². The van der Waals surface area contributed by atoms with Gasteiger partial charge >= 0.3 is 0 Å². The van der Waals surface area contributed by atoms with Crippen LogP contribution in [0.25, 0.3) is 0 Å². The van der Waals surface area contributed by atoms with Crippen LogP contribution < -0.4 is 20.1 Å². The normalized spacial score (nSPS) is 9.75. The number of anilines is 2. The van der Waals surface area contributed by atoms with E-state index in [-0.39, 0.29) is 12.5 Å². The van der Waals surface area contributed by atoms with Crippen LogP contribution in [0.15, 0.2) is 36.4 Å². The molecule has 0 saturated carbocycles. The summed E-state index contributed by atoms with van der Waals surface area (Å²) >= 11 is 6.07. The van der Waals surface area contributed by atoms with Crippen LogP contribution in [-0.4, -0.2) is 26.7 Å². The van der Waals surface area contributed by atoms with Gasteiger partial charge < -0.3 is 20.1 Å². The minimum atomic E-state index is -0.281. The Balaban J connectivity index is 2.04. The predicted octanol–water partition coefficient (Wildman–Crippen LogP) is 3.28. The number of nitrogens with one attached hydrogen (secondary N) is 2. The van der Waals surface area contributed by atoms with E-state index in [9.17, 15) is 4.79 Å². The van der Waals surface area contributed by atoms with Gasteiger partial charge in [-0.2, -0.15) is 5.26 Å². The number of nitrogens with zero attached hydrogens (tertiary/aromatic N) is 1. The van der Waals surface area contributed by atoms with Crippen LogP contribution in [0.1, 0.15) is 5.56 Å². The Hall–Kier alpha value is -2.91. The molecule has 0 fully saturated rings. The molecule has 0 heterocycles. The first kappa shape index (κ1) is 17.4. The van der Waals surface area contributed by atoms with Crippen molar-refractivity contribution in [1.82, 2.24) is 0 Å². The largest absolute Gasteiger partial charge is 0.495 e. The SMILES string of the molecule is COc1cc(OC)c(NC(=O)CNc2cccc(C#N)c2)cc1Cl. The summed E-state index contributed by atoms with van der Waals surface area (Å²) in [7, 11) is 2.99. The molecule has 24 heavy (non-hydrogen) atoms. The first-order valence-corrected chi connectivity index (χ1v) is 7.40. The summed E-state index contributed by atoms with van der Waals surface area (Å²) in [4.78, 5) is 12.1. The molecule has 0 unspecified atom stereocenters. The highest BCUT2D eigenvalue weighted by molar-refractivity contribution is 6.32. The molecule has 0 aliphatic rings. The van der Waals surface area contributed by atoms with Crippen LogP contribution >= 0.6 is 11.6 Å². The van der Waals surface area contributed by atoms with Gasteiger partial charge in [0, 0.05) is 11.8 Å². The lowest BCUT2D eigenvalue weighted by molar-refractivity contribution is -0.114. The Labute approximate surface area is 144 Å². The molecule has 7 heteroatoms. The topological polar surface area (TPSA) is 83.4 Å².